The first-order valence-electron chi connectivity index (χ1n) is 11.7. The maximum Gasteiger partial charge on any atom is 0.340 e. The van der Waals surface area contributed by atoms with Gasteiger partial charge in [-0.3, -0.25) is 14.6 Å². The smallest absolute Gasteiger partial charge is 0.340 e. The molecule has 0 aliphatic heterocycles. The van der Waals surface area contributed by atoms with Gasteiger partial charge < -0.3 is 15.0 Å². The zero-order chi connectivity index (χ0) is 25.7. The maximum absolute atomic E-state index is 13.6. The van der Waals surface area contributed by atoms with Crippen LogP contribution in [-0.4, -0.2) is 41.4 Å². The van der Waals surface area contributed by atoms with E-state index in [1.54, 1.807) is 47.4 Å². The molecule has 2 amide bonds. The third-order valence-electron chi connectivity index (χ3n) is 6.01. The fourth-order valence-electron chi connectivity index (χ4n) is 3.88. The minimum absolute atomic E-state index is 0.0990. The molecule has 3 aromatic rings. The molecule has 36 heavy (non-hydrogen) atoms. The van der Waals surface area contributed by atoms with Crippen molar-refractivity contribution in [2.45, 2.75) is 32.6 Å². The van der Waals surface area contributed by atoms with Gasteiger partial charge in [0.05, 0.1) is 35.9 Å². The molecule has 1 aromatic carbocycles. The topological polar surface area (TPSA) is 101 Å². The predicted molar refractivity (Wildman–Crippen MR) is 133 cm³/mol. The van der Waals surface area contributed by atoms with Crippen LogP contribution in [0.3, 0.4) is 0 Å². The molecule has 2 aromatic heterocycles. The summed E-state index contributed by atoms with van der Waals surface area (Å²) in [5, 5.41) is 2.75. The van der Waals surface area contributed by atoms with Crippen LogP contribution < -0.4 is 10.2 Å². The van der Waals surface area contributed by atoms with Crippen LogP contribution in [0.5, 0.6) is 0 Å². The second-order valence-corrected chi connectivity index (χ2v) is 8.73. The van der Waals surface area contributed by atoms with Crippen LogP contribution in [0.4, 0.5) is 15.8 Å². The van der Waals surface area contributed by atoms with E-state index in [-0.39, 0.29) is 30.2 Å². The molecule has 8 nitrogen and oxygen atoms in total. The molecule has 0 atom stereocenters. The van der Waals surface area contributed by atoms with E-state index in [1.165, 1.54) is 26.4 Å². The van der Waals surface area contributed by atoms with Crippen LogP contribution in [0.15, 0.2) is 54.9 Å². The number of aromatic nitrogens is 2. The molecule has 0 radical (unpaired) electrons. The Balaban J connectivity index is 1.48. The number of benzene rings is 1. The lowest BCUT2D eigenvalue weighted by Crippen LogP contribution is -2.32. The number of hydrogen-bond donors (Lipinski definition) is 1. The number of ether oxygens (including phenoxy) is 1. The molecule has 186 valence electrons. The van der Waals surface area contributed by atoms with Crippen LogP contribution in [0.1, 0.15) is 42.1 Å². The third kappa shape index (κ3) is 6.10. The van der Waals surface area contributed by atoms with Crippen molar-refractivity contribution in [1.29, 1.82) is 0 Å². The molecule has 0 unspecified atom stereocenters. The van der Waals surface area contributed by atoms with Crippen molar-refractivity contribution >= 4 is 29.2 Å². The minimum Gasteiger partial charge on any atom is -0.465 e. The lowest BCUT2D eigenvalue weighted by molar-refractivity contribution is -0.117. The molecule has 1 fully saturated rings. The Kier molecular flexibility index (Phi) is 7.68. The van der Waals surface area contributed by atoms with E-state index in [0.29, 0.717) is 40.7 Å². The fourth-order valence-corrected chi connectivity index (χ4v) is 3.88. The number of amides is 2. The van der Waals surface area contributed by atoms with Crippen molar-refractivity contribution in [2.75, 3.05) is 23.9 Å². The number of halogens is 1. The van der Waals surface area contributed by atoms with Crippen molar-refractivity contribution in [3.63, 3.8) is 0 Å². The number of esters is 1. The van der Waals surface area contributed by atoms with Gasteiger partial charge in [-0.2, -0.15) is 4.39 Å². The van der Waals surface area contributed by atoms with Gasteiger partial charge in [0.1, 0.15) is 0 Å². The first-order chi connectivity index (χ1) is 17.4. The van der Waals surface area contributed by atoms with Crippen molar-refractivity contribution in [3.8, 4) is 11.3 Å². The van der Waals surface area contributed by atoms with Gasteiger partial charge in [0.2, 0.25) is 17.8 Å². The maximum atomic E-state index is 13.6. The molecule has 0 saturated heterocycles. The quantitative estimate of drug-likeness (QED) is 0.352. The zero-order valence-electron chi connectivity index (χ0n) is 20.2. The van der Waals surface area contributed by atoms with E-state index >= 15 is 0 Å². The van der Waals surface area contributed by atoms with Gasteiger partial charge in [0.15, 0.2) is 0 Å². The first-order valence-corrected chi connectivity index (χ1v) is 11.7. The van der Waals surface area contributed by atoms with E-state index in [4.69, 9.17) is 4.74 Å². The lowest BCUT2D eigenvalue weighted by atomic mass is 10.0. The van der Waals surface area contributed by atoms with E-state index in [2.05, 4.69) is 15.3 Å². The fraction of sp³-hybridized carbons (Fsp3) is 0.296. The highest BCUT2D eigenvalue weighted by molar-refractivity contribution is 6.03. The molecule has 0 bridgehead atoms. The number of nitrogens with zero attached hydrogens (tertiary/aromatic N) is 3. The van der Waals surface area contributed by atoms with Crippen LogP contribution in [0, 0.1) is 11.9 Å². The summed E-state index contributed by atoms with van der Waals surface area (Å²) >= 11 is 0. The monoisotopic (exact) mass is 490 g/mol. The summed E-state index contributed by atoms with van der Waals surface area (Å²) in [5.74, 6) is -1.07. The van der Waals surface area contributed by atoms with Crippen LogP contribution in [0.25, 0.3) is 11.3 Å². The van der Waals surface area contributed by atoms with Gasteiger partial charge in [-0.1, -0.05) is 12.1 Å². The number of aryl methyl sites for hydroxylation is 1. The summed E-state index contributed by atoms with van der Waals surface area (Å²) in [6, 6.07) is 11.8. The molecule has 1 aliphatic rings. The number of nitrogens with one attached hydrogen (secondary N) is 1. The summed E-state index contributed by atoms with van der Waals surface area (Å²) in [6.45, 7) is 2.05. The number of carbonyl (C=O) groups excluding carboxylic acids is 3. The van der Waals surface area contributed by atoms with Gasteiger partial charge in [-0.25, -0.2) is 9.78 Å². The zero-order valence-corrected chi connectivity index (χ0v) is 20.2. The molecule has 1 N–H and O–H groups in total. The number of rotatable bonds is 9. The Bertz CT molecular complexity index is 1280. The Hall–Kier alpha value is -4.14. The SMILES string of the molecule is COC(=O)c1cc(-c2ccc(NC(=O)CCc3cccnc3F)cn2)ccc1N(CC1CC1)C(C)=O. The van der Waals surface area contributed by atoms with Gasteiger partial charge >= 0.3 is 5.97 Å². The Morgan fingerprint density at radius 1 is 1.14 bits per heavy atom. The molecular weight excluding hydrogens is 463 g/mol. The number of hydrogen-bond acceptors (Lipinski definition) is 6. The Morgan fingerprint density at radius 2 is 1.94 bits per heavy atom. The normalized spacial score (nSPS) is 12.6. The van der Waals surface area contributed by atoms with Gasteiger partial charge in [-0.05, 0) is 55.5 Å². The van der Waals surface area contributed by atoms with Crippen LogP contribution in [-0.2, 0) is 20.7 Å². The van der Waals surface area contributed by atoms with E-state index in [9.17, 15) is 18.8 Å². The molecule has 4 rings (SSSR count). The van der Waals surface area contributed by atoms with Crippen molar-refractivity contribution in [1.82, 2.24) is 9.97 Å². The Labute approximate surface area is 208 Å². The standard InChI is InChI=1S/C27H27FN4O4/c1-17(33)32(16-18-5-6-18)24-11-7-20(14-22(24)27(35)36-2)23-10-9-21(15-30-23)31-25(34)12-8-19-4-3-13-29-26(19)28/h3-4,7,9-11,13-15,18H,5-6,8,12,16H2,1-2H3,(H,31,34). The predicted octanol–water partition coefficient (Wildman–Crippen LogP) is 4.40. The summed E-state index contributed by atoms with van der Waals surface area (Å²) in [5.41, 5.74) is 2.92. The molecule has 0 spiro atoms. The van der Waals surface area contributed by atoms with E-state index in [1.807, 2.05) is 0 Å². The van der Waals surface area contributed by atoms with Gasteiger partial charge in [0.25, 0.3) is 0 Å². The average molecular weight is 491 g/mol. The van der Waals surface area contributed by atoms with Crippen molar-refractivity contribution in [3.05, 3.63) is 71.9 Å². The minimum atomic E-state index is -0.576. The largest absolute Gasteiger partial charge is 0.465 e. The second kappa shape index (κ2) is 11.1. The highest BCUT2D eigenvalue weighted by atomic mass is 19.1. The second-order valence-electron chi connectivity index (χ2n) is 8.73. The Morgan fingerprint density at radius 3 is 2.58 bits per heavy atom. The lowest BCUT2D eigenvalue weighted by Gasteiger charge is -2.23. The van der Waals surface area contributed by atoms with E-state index in [0.717, 1.165) is 12.8 Å². The first kappa shape index (κ1) is 25.0. The number of methoxy groups -OCH3 is 1. The highest BCUT2D eigenvalue weighted by Gasteiger charge is 2.29. The summed E-state index contributed by atoms with van der Waals surface area (Å²) < 4.78 is 18.6. The highest BCUT2D eigenvalue weighted by Crippen LogP contribution is 2.34. The van der Waals surface area contributed by atoms with Crippen molar-refractivity contribution in [2.24, 2.45) is 5.92 Å². The number of carbonyl (C=O) groups is 3. The molecule has 9 heteroatoms. The summed E-state index contributed by atoms with van der Waals surface area (Å²) in [7, 11) is 1.30. The van der Waals surface area contributed by atoms with Crippen LogP contribution in [0.2, 0.25) is 0 Å². The number of anilines is 2. The summed E-state index contributed by atoms with van der Waals surface area (Å²) in [4.78, 5) is 46.7. The van der Waals surface area contributed by atoms with Gasteiger partial charge in [0, 0.05) is 37.2 Å². The molecule has 2 heterocycles. The van der Waals surface area contributed by atoms with E-state index < -0.39 is 11.9 Å². The molecular formula is C27H27FN4O4. The van der Waals surface area contributed by atoms with Gasteiger partial charge in [-0.15, -0.1) is 0 Å². The average Bonchev–Trinajstić information content (AvgIpc) is 3.71. The van der Waals surface area contributed by atoms with Crippen molar-refractivity contribution < 1.29 is 23.5 Å². The molecule has 1 saturated carbocycles. The third-order valence-corrected chi connectivity index (χ3v) is 6.01. The summed E-state index contributed by atoms with van der Waals surface area (Å²) in [6.07, 6.45) is 5.35. The number of pyridine rings is 2. The molecule has 1 aliphatic carbocycles. The van der Waals surface area contributed by atoms with Crippen LogP contribution >= 0.6 is 0 Å².